The van der Waals surface area contributed by atoms with Gasteiger partial charge in [-0.05, 0) is 30.5 Å². The van der Waals surface area contributed by atoms with Crippen molar-refractivity contribution in [2.45, 2.75) is 25.4 Å². The van der Waals surface area contributed by atoms with E-state index < -0.39 is 0 Å². The number of hydrogen-bond acceptors (Lipinski definition) is 3. The Labute approximate surface area is 104 Å². The summed E-state index contributed by atoms with van der Waals surface area (Å²) >= 11 is 3.55. The SMILES string of the molecule is COc1cc(Br)c(CNC2CC2)cc1OC. The van der Waals surface area contributed by atoms with E-state index in [2.05, 4.69) is 21.2 Å². The van der Waals surface area contributed by atoms with E-state index in [4.69, 9.17) is 9.47 Å². The fraction of sp³-hybridized carbons (Fsp3) is 0.500. The van der Waals surface area contributed by atoms with Gasteiger partial charge in [-0.2, -0.15) is 0 Å². The molecular formula is C12H16BrNO2. The molecule has 16 heavy (non-hydrogen) atoms. The topological polar surface area (TPSA) is 30.5 Å². The summed E-state index contributed by atoms with van der Waals surface area (Å²) in [6.07, 6.45) is 2.59. The van der Waals surface area contributed by atoms with Crippen LogP contribution in [0.3, 0.4) is 0 Å². The molecule has 0 heterocycles. The Kier molecular flexibility index (Phi) is 3.71. The molecule has 1 saturated carbocycles. The number of nitrogens with one attached hydrogen (secondary N) is 1. The molecule has 1 fully saturated rings. The predicted molar refractivity (Wildman–Crippen MR) is 67.1 cm³/mol. The third kappa shape index (κ3) is 2.68. The summed E-state index contributed by atoms with van der Waals surface area (Å²) in [4.78, 5) is 0. The van der Waals surface area contributed by atoms with Crippen molar-refractivity contribution >= 4 is 15.9 Å². The molecule has 1 aromatic rings. The minimum atomic E-state index is 0.708. The first kappa shape index (κ1) is 11.7. The molecule has 1 aliphatic rings. The zero-order valence-corrected chi connectivity index (χ0v) is 11.1. The van der Waals surface area contributed by atoms with Crippen LogP contribution in [-0.2, 0) is 6.54 Å². The van der Waals surface area contributed by atoms with Crippen LogP contribution >= 0.6 is 15.9 Å². The number of rotatable bonds is 5. The van der Waals surface area contributed by atoms with Gasteiger partial charge < -0.3 is 14.8 Å². The fourth-order valence-electron chi connectivity index (χ4n) is 1.57. The van der Waals surface area contributed by atoms with Gasteiger partial charge >= 0.3 is 0 Å². The van der Waals surface area contributed by atoms with Crippen LogP contribution in [0.1, 0.15) is 18.4 Å². The first-order valence-electron chi connectivity index (χ1n) is 5.38. The summed E-state index contributed by atoms with van der Waals surface area (Å²) in [7, 11) is 3.30. The molecular weight excluding hydrogens is 270 g/mol. The molecule has 0 radical (unpaired) electrons. The van der Waals surface area contributed by atoms with E-state index in [0.29, 0.717) is 6.04 Å². The van der Waals surface area contributed by atoms with Crippen molar-refractivity contribution in [2.24, 2.45) is 0 Å². The van der Waals surface area contributed by atoms with Crippen molar-refractivity contribution in [3.8, 4) is 11.5 Å². The maximum absolute atomic E-state index is 5.28. The summed E-state index contributed by atoms with van der Waals surface area (Å²) in [6.45, 7) is 0.867. The zero-order valence-electron chi connectivity index (χ0n) is 9.55. The molecule has 1 aliphatic carbocycles. The fourth-order valence-corrected chi connectivity index (χ4v) is 2.04. The van der Waals surface area contributed by atoms with E-state index in [1.807, 2.05) is 12.1 Å². The van der Waals surface area contributed by atoms with Crippen molar-refractivity contribution in [3.05, 3.63) is 22.2 Å². The van der Waals surface area contributed by atoms with Gasteiger partial charge in [0.2, 0.25) is 0 Å². The maximum atomic E-state index is 5.28. The van der Waals surface area contributed by atoms with Gasteiger partial charge in [0.25, 0.3) is 0 Å². The number of halogens is 1. The predicted octanol–water partition coefficient (Wildman–Crippen LogP) is 2.72. The minimum Gasteiger partial charge on any atom is -0.493 e. The number of methoxy groups -OCH3 is 2. The van der Waals surface area contributed by atoms with Crippen LogP contribution in [0.15, 0.2) is 16.6 Å². The molecule has 0 bridgehead atoms. The molecule has 1 N–H and O–H groups in total. The van der Waals surface area contributed by atoms with Gasteiger partial charge in [-0.25, -0.2) is 0 Å². The van der Waals surface area contributed by atoms with E-state index in [9.17, 15) is 0 Å². The second-order valence-electron chi connectivity index (χ2n) is 3.95. The molecule has 0 spiro atoms. The number of hydrogen-bond donors (Lipinski definition) is 1. The third-order valence-electron chi connectivity index (χ3n) is 2.71. The summed E-state index contributed by atoms with van der Waals surface area (Å²) in [5.41, 5.74) is 1.20. The lowest BCUT2D eigenvalue weighted by molar-refractivity contribution is 0.354. The number of benzene rings is 1. The van der Waals surface area contributed by atoms with Gasteiger partial charge in [-0.3, -0.25) is 0 Å². The van der Waals surface area contributed by atoms with Gasteiger partial charge in [-0.15, -0.1) is 0 Å². The van der Waals surface area contributed by atoms with E-state index in [-0.39, 0.29) is 0 Å². The molecule has 0 amide bonds. The lowest BCUT2D eigenvalue weighted by Crippen LogP contribution is -2.15. The van der Waals surface area contributed by atoms with Gasteiger partial charge in [0, 0.05) is 17.1 Å². The second-order valence-corrected chi connectivity index (χ2v) is 4.81. The Morgan fingerprint density at radius 1 is 1.25 bits per heavy atom. The maximum Gasteiger partial charge on any atom is 0.161 e. The van der Waals surface area contributed by atoms with Gasteiger partial charge in [0.05, 0.1) is 14.2 Å². The Hall–Kier alpha value is -0.740. The molecule has 1 aromatic carbocycles. The molecule has 0 unspecified atom stereocenters. The Balaban J connectivity index is 2.15. The monoisotopic (exact) mass is 285 g/mol. The molecule has 2 rings (SSSR count). The molecule has 88 valence electrons. The van der Waals surface area contributed by atoms with E-state index in [1.165, 1.54) is 18.4 Å². The highest BCUT2D eigenvalue weighted by atomic mass is 79.9. The normalized spacial score (nSPS) is 14.9. The second kappa shape index (κ2) is 5.06. The van der Waals surface area contributed by atoms with Crippen molar-refractivity contribution in [3.63, 3.8) is 0 Å². The smallest absolute Gasteiger partial charge is 0.161 e. The lowest BCUT2D eigenvalue weighted by atomic mass is 10.2. The molecule has 0 aromatic heterocycles. The van der Waals surface area contributed by atoms with Crippen LogP contribution in [0, 0.1) is 0 Å². The van der Waals surface area contributed by atoms with Crippen molar-refractivity contribution in [1.29, 1.82) is 0 Å². The van der Waals surface area contributed by atoms with Crippen molar-refractivity contribution in [2.75, 3.05) is 14.2 Å². The number of ether oxygens (including phenoxy) is 2. The van der Waals surface area contributed by atoms with Crippen LogP contribution in [0.2, 0.25) is 0 Å². The summed E-state index contributed by atoms with van der Waals surface area (Å²) in [6, 6.07) is 4.67. The standard InChI is InChI=1S/C12H16BrNO2/c1-15-11-5-8(7-14-9-3-4-9)10(13)6-12(11)16-2/h5-6,9,14H,3-4,7H2,1-2H3. The van der Waals surface area contributed by atoms with Crippen LogP contribution in [-0.4, -0.2) is 20.3 Å². The summed E-state index contributed by atoms with van der Waals surface area (Å²) < 4.78 is 11.6. The Morgan fingerprint density at radius 3 is 2.44 bits per heavy atom. The molecule has 4 heteroatoms. The van der Waals surface area contributed by atoms with E-state index >= 15 is 0 Å². The van der Waals surface area contributed by atoms with E-state index in [0.717, 1.165) is 22.5 Å². The quantitative estimate of drug-likeness (QED) is 0.902. The summed E-state index contributed by atoms with van der Waals surface area (Å²) in [5, 5.41) is 3.48. The highest BCUT2D eigenvalue weighted by Gasteiger charge is 2.20. The van der Waals surface area contributed by atoms with Crippen LogP contribution in [0.25, 0.3) is 0 Å². The van der Waals surface area contributed by atoms with Crippen LogP contribution in [0.5, 0.6) is 11.5 Å². The first-order chi connectivity index (χ1) is 7.74. The van der Waals surface area contributed by atoms with Crippen LogP contribution in [0.4, 0.5) is 0 Å². The highest BCUT2D eigenvalue weighted by molar-refractivity contribution is 9.10. The third-order valence-corrected chi connectivity index (χ3v) is 3.45. The Morgan fingerprint density at radius 2 is 1.88 bits per heavy atom. The molecule has 3 nitrogen and oxygen atoms in total. The Bertz CT molecular complexity index is 378. The highest BCUT2D eigenvalue weighted by Crippen LogP contribution is 2.33. The average Bonchev–Trinajstić information content (AvgIpc) is 3.11. The van der Waals surface area contributed by atoms with Gasteiger partial charge in [0.15, 0.2) is 11.5 Å². The molecule has 0 saturated heterocycles. The van der Waals surface area contributed by atoms with Crippen molar-refractivity contribution < 1.29 is 9.47 Å². The lowest BCUT2D eigenvalue weighted by Gasteiger charge is -2.12. The van der Waals surface area contributed by atoms with Gasteiger partial charge in [0.1, 0.15) is 0 Å². The average molecular weight is 286 g/mol. The minimum absolute atomic E-state index is 0.708. The van der Waals surface area contributed by atoms with Crippen LogP contribution < -0.4 is 14.8 Å². The largest absolute Gasteiger partial charge is 0.493 e. The first-order valence-corrected chi connectivity index (χ1v) is 6.17. The van der Waals surface area contributed by atoms with E-state index in [1.54, 1.807) is 14.2 Å². The van der Waals surface area contributed by atoms with Gasteiger partial charge in [-0.1, -0.05) is 15.9 Å². The molecule has 0 aliphatic heterocycles. The van der Waals surface area contributed by atoms with Crippen molar-refractivity contribution in [1.82, 2.24) is 5.32 Å². The zero-order chi connectivity index (χ0) is 11.5. The summed E-state index contributed by atoms with van der Waals surface area (Å²) in [5.74, 6) is 1.53. The molecule has 0 atom stereocenters.